The Morgan fingerprint density at radius 1 is 1.53 bits per heavy atom. The standard InChI is InChI=1S/C12H18N2O/c1-10-3-2-4-12(14-10)15-8-6-11-5-7-13-9-11/h2-4,11,13H,5-9H2,1H3. The zero-order valence-corrected chi connectivity index (χ0v) is 9.20. The lowest BCUT2D eigenvalue weighted by atomic mass is 10.1. The highest BCUT2D eigenvalue weighted by Gasteiger charge is 2.13. The molecule has 1 aliphatic rings. The normalized spacial score (nSPS) is 20.5. The van der Waals surface area contributed by atoms with Gasteiger partial charge in [0, 0.05) is 11.8 Å². The molecule has 0 amide bonds. The van der Waals surface area contributed by atoms with E-state index >= 15 is 0 Å². The Morgan fingerprint density at radius 3 is 3.20 bits per heavy atom. The minimum absolute atomic E-state index is 0.751. The molecule has 1 aromatic heterocycles. The van der Waals surface area contributed by atoms with E-state index in [9.17, 15) is 0 Å². The molecule has 0 aliphatic carbocycles. The van der Waals surface area contributed by atoms with E-state index in [4.69, 9.17) is 4.74 Å². The van der Waals surface area contributed by atoms with Crippen molar-refractivity contribution in [3.05, 3.63) is 23.9 Å². The average molecular weight is 206 g/mol. The monoisotopic (exact) mass is 206 g/mol. The Morgan fingerprint density at radius 2 is 2.47 bits per heavy atom. The van der Waals surface area contributed by atoms with Gasteiger partial charge in [0.1, 0.15) is 0 Å². The topological polar surface area (TPSA) is 34.1 Å². The minimum atomic E-state index is 0.751. The van der Waals surface area contributed by atoms with E-state index in [-0.39, 0.29) is 0 Å². The summed E-state index contributed by atoms with van der Waals surface area (Å²) in [4.78, 5) is 4.30. The second-order valence-corrected chi connectivity index (χ2v) is 4.11. The van der Waals surface area contributed by atoms with Crippen molar-refractivity contribution in [2.75, 3.05) is 19.7 Å². The van der Waals surface area contributed by atoms with Crippen molar-refractivity contribution in [3.8, 4) is 5.88 Å². The smallest absolute Gasteiger partial charge is 0.213 e. The van der Waals surface area contributed by atoms with Crippen LogP contribution in [0.1, 0.15) is 18.5 Å². The molecule has 0 spiro atoms. The predicted octanol–water partition coefficient (Wildman–Crippen LogP) is 1.77. The first-order chi connectivity index (χ1) is 7.34. The molecule has 3 heteroatoms. The molecule has 1 unspecified atom stereocenters. The van der Waals surface area contributed by atoms with Crippen LogP contribution < -0.4 is 10.1 Å². The molecule has 15 heavy (non-hydrogen) atoms. The van der Waals surface area contributed by atoms with Crippen molar-refractivity contribution in [2.45, 2.75) is 19.8 Å². The summed E-state index contributed by atoms with van der Waals surface area (Å²) in [5.41, 5.74) is 1.01. The molecule has 0 aromatic carbocycles. The molecule has 1 saturated heterocycles. The van der Waals surface area contributed by atoms with Gasteiger partial charge in [-0.05, 0) is 44.8 Å². The summed E-state index contributed by atoms with van der Waals surface area (Å²) >= 11 is 0. The number of rotatable bonds is 4. The lowest BCUT2D eigenvalue weighted by Crippen LogP contribution is -2.12. The molecular formula is C12H18N2O. The molecule has 1 atom stereocenters. The molecule has 1 N–H and O–H groups in total. The molecule has 0 radical (unpaired) electrons. The number of nitrogens with zero attached hydrogens (tertiary/aromatic N) is 1. The first-order valence-electron chi connectivity index (χ1n) is 5.62. The van der Waals surface area contributed by atoms with Crippen molar-refractivity contribution >= 4 is 0 Å². The highest BCUT2D eigenvalue weighted by molar-refractivity contribution is 5.14. The zero-order valence-electron chi connectivity index (χ0n) is 9.20. The Kier molecular flexibility index (Phi) is 3.56. The summed E-state index contributed by atoms with van der Waals surface area (Å²) in [5.74, 6) is 1.54. The summed E-state index contributed by atoms with van der Waals surface area (Å²) in [5, 5.41) is 3.36. The summed E-state index contributed by atoms with van der Waals surface area (Å²) in [6.07, 6.45) is 2.41. The van der Waals surface area contributed by atoms with Crippen LogP contribution in [0.2, 0.25) is 0 Å². The van der Waals surface area contributed by atoms with E-state index in [1.54, 1.807) is 0 Å². The Bertz CT molecular complexity index is 308. The van der Waals surface area contributed by atoms with Gasteiger partial charge in [-0.1, -0.05) is 6.07 Å². The number of aromatic nitrogens is 1. The molecule has 3 nitrogen and oxygen atoms in total. The molecule has 1 aliphatic heterocycles. The lowest BCUT2D eigenvalue weighted by Gasteiger charge is -2.09. The van der Waals surface area contributed by atoms with Crippen LogP contribution in [-0.2, 0) is 0 Å². The summed E-state index contributed by atoms with van der Waals surface area (Å²) in [6.45, 7) is 5.06. The largest absolute Gasteiger partial charge is 0.478 e. The minimum Gasteiger partial charge on any atom is -0.478 e. The number of aryl methyl sites for hydroxylation is 1. The van der Waals surface area contributed by atoms with Crippen molar-refractivity contribution in [1.82, 2.24) is 10.3 Å². The number of nitrogens with one attached hydrogen (secondary N) is 1. The fourth-order valence-electron chi connectivity index (χ4n) is 1.89. The Hall–Kier alpha value is -1.09. The molecule has 1 fully saturated rings. The van der Waals surface area contributed by atoms with Gasteiger partial charge in [0.25, 0.3) is 0 Å². The Balaban J connectivity index is 1.73. The maximum absolute atomic E-state index is 5.61. The van der Waals surface area contributed by atoms with Crippen molar-refractivity contribution in [2.24, 2.45) is 5.92 Å². The predicted molar refractivity (Wildman–Crippen MR) is 60.1 cm³/mol. The molecule has 1 aromatic rings. The second-order valence-electron chi connectivity index (χ2n) is 4.11. The lowest BCUT2D eigenvalue weighted by molar-refractivity contribution is 0.273. The summed E-state index contributed by atoms with van der Waals surface area (Å²) < 4.78 is 5.61. The number of ether oxygens (including phenoxy) is 1. The molecule has 2 rings (SSSR count). The van der Waals surface area contributed by atoms with Crippen LogP contribution in [0.5, 0.6) is 5.88 Å². The molecular weight excluding hydrogens is 188 g/mol. The van der Waals surface area contributed by atoms with Crippen molar-refractivity contribution < 1.29 is 4.74 Å². The van der Waals surface area contributed by atoms with Crippen LogP contribution in [0, 0.1) is 12.8 Å². The van der Waals surface area contributed by atoms with Gasteiger partial charge < -0.3 is 10.1 Å². The van der Waals surface area contributed by atoms with E-state index in [0.717, 1.165) is 43.6 Å². The van der Waals surface area contributed by atoms with E-state index in [2.05, 4.69) is 10.3 Å². The van der Waals surface area contributed by atoms with E-state index in [1.807, 2.05) is 25.1 Å². The first kappa shape index (κ1) is 10.4. The van der Waals surface area contributed by atoms with Gasteiger partial charge in [-0.3, -0.25) is 0 Å². The van der Waals surface area contributed by atoms with Gasteiger partial charge in [0.05, 0.1) is 6.61 Å². The summed E-state index contributed by atoms with van der Waals surface area (Å²) in [6, 6.07) is 5.88. The number of hydrogen-bond donors (Lipinski definition) is 1. The molecule has 82 valence electrons. The van der Waals surface area contributed by atoms with Gasteiger partial charge in [-0.15, -0.1) is 0 Å². The third-order valence-electron chi connectivity index (χ3n) is 2.80. The Labute approximate surface area is 90.9 Å². The number of pyridine rings is 1. The third-order valence-corrected chi connectivity index (χ3v) is 2.80. The quantitative estimate of drug-likeness (QED) is 0.815. The van der Waals surface area contributed by atoms with Crippen molar-refractivity contribution in [1.29, 1.82) is 0 Å². The maximum atomic E-state index is 5.61. The van der Waals surface area contributed by atoms with Crippen LogP contribution in [0.15, 0.2) is 18.2 Å². The summed E-state index contributed by atoms with van der Waals surface area (Å²) in [7, 11) is 0. The zero-order chi connectivity index (χ0) is 10.5. The highest BCUT2D eigenvalue weighted by atomic mass is 16.5. The van der Waals surface area contributed by atoms with E-state index < -0.39 is 0 Å². The second kappa shape index (κ2) is 5.12. The highest BCUT2D eigenvalue weighted by Crippen LogP contribution is 2.13. The van der Waals surface area contributed by atoms with Gasteiger partial charge in [0.15, 0.2) is 0 Å². The van der Waals surface area contributed by atoms with Gasteiger partial charge in [-0.2, -0.15) is 0 Å². The van der Waals surface area contributed by atoms with E-state index in [1.165, 1.54) is 6.42 Å². The number of hydrogen-bond acceptors (Lipinski definition) is 3. The molecule has 2 heterocycles. The average Bonchev–Trinajstić information content (AvgIpc) is 2.71. The fourth-order valence-corrected chi connectivity index (χ4v) is 1.89. The van der Waals surface area contributed by atoms with Crippen LogP contribution >= 0.6 is 0 Å². The van der Waals surface area contributed by atoms with Crippen LogP contribution in [0.3, 0.4) is 0 Å². The van der Waals surface area contributed by atoms with Crippen LogP contribution in [-0.4, -0.2) is 24.7 Å². The first-order valence-corrected chi connectivity index (χ1v) is 5.62. The van der Waals surface area contributed by atoms with Crippen LogP contribution in [0.25, 0.3) is 0 Å². The fraction of sp³-hybridized carbons (Fsp3) is 0.583. The van der Waals surface area contributed by atoms with Gasteiger partial charge in [-0.25, -0.2) is 4.98 Å². The maximum Gasteiger partial charge on any atom is 0.213 e. The SMILES string of the molecule is Cc1cccc(OCCC2CCNC2)n1. The van der Waals surface area contributed by atoms with E-state index in [0.29, 0.717) is 0 Å². The van der Waals surface area contributed by atoms with Gasteiger partial charge in [0.2, 0.25) is 5.88 Å². The van der Waals surface area contributed by atoms with Gasteiger partial charge >= 0.3 is 0 Å². The molecule has 0 saturated carbocycles. The molecule has 0 bridgehead atoms. The third kappa shape index (κ3) is 3.20. The van der Waals surface area contributed by atoms with Crippen LogP contribution in [0.4, 0.5) is 0 Å². The van der Waals surface area contributed by atoms with Crippen molar-refractivity contribution in [3.63, 3.8) is 0 Å².